The Labute approximate surface area is 257 Å². The van der Waals surface area contributed by atoms with Gasteiger partial charge in [-0.25, -0.2) is 8.42 Å². The predicted octanol–water partition coefficient (Wildman–Crippen LogP) is 6.72. The smallest absolute Gasteiger partial charge is 0.355 e. The van der Waals surface area contributed by atoms with Crippen LogP contribution < -0.4 is 9.62 Å². The van der Waals surface area contributed by atoms with Crippen molar-refractivity contribution in [2.75, 3.05) is 17.4 Å². The standard InChI is InChI=1S/C28H27Cl3F3N3O4S/c1-4-35-27(39)18(3)36(15-21-23(29)6-5-7-24(21)30)26(38)16-37(42(40,41)20-11-8-17(2)9-12-20)19-10-13-25(31)22(14-19)28(32,33)34/h5-14,18H,4,15-16H2,1-3H3,(H,35,39)/t18-/m0/s1. The Balaban J connectivity index is 2.16. The summed E-state index contributed by atoms with van der Waals surface area (Å²) in [6.07, 6.45) is -4.91. The number of hydrogen-bond acceptors (Lipinski definition) is 4. The van der Waals surface area contributed by atoms with E-state index in [0.29, 0.717) is 15.9 Å². The summed E-state index contributed by atoms with van der Waals surface area (Å²) in [5.74, 6) is -1.45. The van der Waals surface area contributed by atoms with Gasteiger partial charge in [0.25, 0.3) is 10.0 Å². The minimum Gasteiger partial charge on any atom is -0.355 e. The molecule has 226 valence electrons. The van der Waals surface area contributed by atoms with Crippen LogP contribution in [0.2, 0.25) is 15.1 Å². The number of nitrogens with zero attached hydrogens (tertiary/aromatic N) is 2. The molecule has 0 radical (unpaired) electrons. The second kappa shape index (κ2) is 13.5. The largest absolute Gasteiger partial charge is 0.417 e. The lowest BCUT2D eigenvalue weighted by atomic mass is 10.1. The molecule has 14 heteroatoms. The van der Waals surface area contributed by atoms with Crippen molar-refractivity contribution in [1.82, 2.24) is 10.2 Å². The molecule has 3 aromatic rings. The fourth-order valence-corrected chi connectivity index (χ4v) is 6.16. The van der Waals surface area contributed by atoms with Gasteiger partial charge in [0, 0.05) is 28.7 Å². The van der Waals surface area contributed by atoms with E-state index >= 15 is 0 Å². The molecule has 0 saturated heterocycles. The summed E-state index contributed by atoms with van der Waals surface area (Å²) in [7, 11) is -4.60. The summed E-state index contributed by atoms with van der Waals surface area (Å²) >= 11 is 18.4. The van der Waals surface area contributed by atoms with Crippen molar-refractivity contribution in [3.05, 3.63) is 92.4 Å². The molecule has 0 aliphatic carbocycles. The van der Waals surface area contributed by atoms with Crippen molar-refractivity contribution in [1.29, 1.82) is 0 Å². The van der Waals surface area contributed by atoms with Gasteiger partial charge < -0.3 is 10.2 Å². The summed E-state index contributed by atoms with van der Waals surface area (Å²) in [4.78, 5) is 27.5. The highest BCUT2D eigenvalue weighted by Gasteiger charge is 2.37. The highest BCUT2D eigenvalue weighted by molar-refractivity contribution is 7.92. The first-order chi connectivity index (χ1) is 19.6. The number of carbonyl (C=O) groups is 2. The number of halogens is 6. The van der Waals surface area contributed by atoms with E-state index in [0.717, 1.165) is 22.6 Å². The van der Waals surface area contributed by atoms with Crippen LogP contribution in [0, 0.1) is 6.92 Å². The average Bonchev–Trinajstić information content (AvgIpc) is 2.91. The van der Waals surface area contributed by atoms with E-state index in [9.17, 15) is 31.2 Å². The van der Waals surface area contributed by atoms with E-state index < -0.39 is 56.9 Å². The van der Waals surface area contributed by atoms with Gasteiger partial charge in [0.05, 0.1) is 21.2 Å². The SMILES string of the molecule is CCNC(=O)[C@H](C)N(Cc1c(Cl)cccc1Cl)C(=O)CN(c1ccc(Cl)c(C(F)(F)F)c1)S(=O)(=O)c1ccc(C)cc1. The van der Waals surface area contributed by atoms with Gasteiger partial charge in [0.2, 0.25) is 11.8 Å². The molecule has 0 heterocycles. The third-order valence-electron chi connectivity index (χ3n) is 6.34. The van der Waals surface area contributed by atoms with Crippen LogP contribution in [0.4, 0.5) is 18.9 Å². The van der Waals surface area contributed by atoms with E-state index in [1.807, 2.05) is 0 Å². The van der Waals surface area contributed by atoms with Gasteiger partial charge in [0.1, 0.15) is 12.6 Å². The van der Waals surface area contributed by atoms with Crippen molar-refractivity contribution in [2.24, 2.45) is 0 Å². The summed E-state index contributed by atoms with van der Waals surface area (Å²) in [6.45, 7) is 3.83. The van der Waals surface area contributed by atoms with Crippen LogP contribution in [0.15, 0.2) is 65.6 Å². The fourth-order valence-electron chi connectivity index (χ4n) is 4.01. The monoisotopic (exact) mass is 663 g/mol. The minimum absolute atomic E-state index is 0.194. The molecule has 0 unspecified atom stereocenters. The molecule has 1 N–H and O–H groups in total. The molecule has 0 aromatic heterocycles. The number of carbonyl (C=O) groups excluding carboxylic acids is 2. The van der Waals surface area contributed by atoms with Crippen LogP contribution in [-0.2, 0) is 32.3 Å². The van der Waals surface area contributed by atoms with Crippen molar-refractivity contribution >= 4 is 62.3 Å². The number of aryl methyl sites for hydroxylation is 1. The molecule has 0 fully saturated rings. The van der Waals surface area contributed by atoms with Crippen LogP contribution in [0.3, 0.4) is 0 Å². The Morgan fingerprint density at radius 2 is 1.55 bits per heavy atom. The first kappa shape index (κ1) is 33.5. The Morgan fingerprint density at radius 1 is 0.952 bits per heavy atom. The third kappa shape index (κ3) is 7.69. The predicted molar refractivity (Wildman–Crippen MR) is 157 cm³/mol. The second-order valence-corrected chi connectivity index (χ2v) is 12.4. The van der Waals surface area contributed by atoms with Crippen LogP contribution in [0.1, 0.15) is 30.5 Å². The number of likely N-dealkylation sites (N-methyl/N-ethyl adjacent to an activating group) is 1. The number of rotatable bonds is 10. The third-order valence-corrected chi connectivity index (χ3v) is 9.17. The normalized spacial score (nSPS) is 12.5. The molecule has 0 aliphatic heterocycles. The van der Waals surface area contributed by atoms with E-state index in [1.165, 1.54) is 43.3 Å². The number of benzene rings is 3. The Hall–Kier alpha value is -2.99. The summed E-state index contributed by atoms with van der Waals surface area (Å²) in [5, 5.41) is 2.34. The zero-order valence-electron chi connectivity index (χ0n) is 22.7. The Bertz CT molecular complexity index is 1550. The van der Waals surface area contributed by atoms with Gasteiger partial charge in [-0.15, -0.1) is 0 Å². The number of hydrogen-bond donors (Lipinski definition) is 1. The molecule has 2 amide bonds. The van der Waals surface area contributed by atoms with Gasteiger partial charge in [0.15, 0.2) is 0 Å². The van der Waals surface area contributed by atoms with E-state index in [1.54, 1.807) is 19.9 Å². The van der Waals surface area contributed by atoms with E-state index in [4.69, 9.17) is 34.8 Å². The topological polar surface area (TPSA) is 86.8 Å². The quantitative estimate of drug-likeness (QED) is 0.261. The number of sulfonamides is 1. The Morgan fingerprint density at radius 3 is 2.10 bits per heavy atom. The van der Waals surface area contributed by atoms with E-state index in [2.05, 4.69) is 5.32 Å². The lowest BCUT2D eigenvalue weighted by Crippen LogP contribution is -2.51. The molecule has 3 aromatic carbocycles. The van der Waals surface area contributed by atoms with Crippen LogP contribution in [0.25, 0.3) is 0 Å². The van der Waals surface area contributed by atoms with Crippen molar-refractivity contribution in [3.63, 3.8) is 0 Å². The maximum absolute atomic E-state index is 13.9. The molecule has 7 nitrogen and oxygen atoms in total. The first-order valence-corrected chi connectivity index (χ1v) is 15.1. The van der Waals surface area contributed by atoms with Crippen molar-refractivity contribution in [2.45, 2.75) is 44.4 Å². The van der Waals surface area contributed by atoms with Crippen molar-refractivity contribution < 1.29 is 31.2 Å². The molecule has 0 aliphatic rings. The highest BCUT2D eigenvalue weighted by atomic mass is 35.5. The maximum atomic E-state index is 13.9. The second-order valence-electron chi connectivity index (χ2n) is 9.28. The molecule has 0 bridgehead atoms. The molecule has 3 rings (SSSR count). The minimum atomic E-state index is -4.91. The highest BCUT2D eigenvalue weighted by Crippen LogP contribution is 2.38. The Kier molecular flexibility index (Phi) is 10.8. The number of amides is 2. The van der Waals surface area contributed by atoms with Gasteiger partial charge in [-0.05, 0) is 63.2 Å². The lowest BCUT2D eigenvalue weighted by molar-refractivity contribution is -0.139. The van der Waals surface area contributed by atoms with Gasteiger partial charge >= 0.3 is 6.18 Å². The average molecular weight is 665 g/mol. The summed E-state index contributed by atoms with van der Waals surface area (Å²) in [5.41, 5.74) is -0.708. The first-order valence-electron chi connectivity index (χ1n) is 12.5. The number of anilines is 1. The molecule has 0 saturated carbocycles. The van der Waals surface area contributed by atoms with Crippen molar-refractivity contribution in [3.8, 4) is 0 Å². The summed E-state index contributed by atoms with van der Waals surface area (Å²) in [6, 6.07) is 11.6. The maximum Gasteiger partial charge on any atom is 0.417 e. The molecular weight excluding hydrogens is 638 g/mol. The van der Waals surface area contributed by atoms with Gasteiger partial charge in [-0.2, -0.15) is 13.2 Å². The molecule has 1 atom stereocenters. The molecule has 42 heavy (non-hydrogen) atoms. The lowest BCUT2D eigenvalue weighted by Gasteiger charge is -2.32. The number of nitrogens with one attached hydrogen (secondary N) is 1. The van der Waals surface area contributed by atoms with Crippen LogP contribution in [-0.4, -0.2) is 44.3 Å². The molecular formula is C28H27Cl3F3N3O4S. The zero-order chi connectivity index (χ0) is 31.4. The van der Waals surface area contributed by atoms with Crippen LogP contribution >= 0.6 is 34.8 Å². The summed E-state index contributed by atoms with van der Waals surface area (Å²) < 4.78 is 69.4. The van der Waals surface area contributed by atoms with Gasteiger partial charge in [-0.3, -0.25) is 13.9 Å². The fraction of sp³-hybridized carbons (Fsp3) is 0.286. The van der Waals surface area contributed by atoms with E-state index in [-0.39, 0.29) is 28.0 Å². The number of alkyl halides is 3. The zero-order valence-corrected chi connectivity index (χ0v) is 25.8. The van der Waals surface area contributed by atoms with Crippen LogP contribution in [0.5, 0.6) is 0 Å². The molecule has 0 spiro atoms. The van der Waals surface area contributed by atoms with Gasteiger partial charge in [-0.1, -0.05) is 58.6 Å².